The highest BCUT2D eigenvalue weighted by Crippen LogP contribution is 2.37. The van der Waals surface area contributed by atoms with Gasteiger partial charge in [0.05, 0.1) is 13.2 Å². The average molecular weight is 342 g/mol. The number of halogens is 1. The average Bonchev–Trinajstić information content (AvgIpc) is 3.21. The van der Waals surface area contributed by atoms with Gasteiger partial charge in [-0.15, -0.1) is 0 Å². The summed E-state index contributed by atoms with van der Waals surface area (Å²) in [5.74, 6) is -0.684. The summed E-state index contributed by atoms with van der Waals surface area (Å²) in [7, 11) is 0. The fourth-order valence-electron chi connectivity index (χ4n) is 2.50. The van der Waals surface area contributed by atoms with Crippen molar-refractivity contribution in [3.05, 3.63) is 22.4 Å². The van der Waals surface area contributed by atoms with Crippen LogP contribution in [0.25, 0.3) is 0 Å². The molecule has 2 heterocycles. The Labute approximate surface area is 125 Å². The van der Waals surface area contributed by atoms with E-state index in [2.05, 4.69) is 15.9 Å². The molecule has 2 N–H and O–H groups in total. The number of carbonyl (C=O) groups excluding carboxylic acids is 2. The second-order valence-electron chi connectivity index (χ2n) is 5.17. The zero-order chi connectivity index (χ0) is 14.3. The summed E-state index contributed by atoms with van der Waals surface area (Å²) in [6.07, 6.45) is 4.10. The lowest BCUT2D eigenvalue weighted by Crippen LogP contribution is -2.55. The Morgan fingerprint density at radius 3 is 2.80 bits per heavy atom. The maximum absolute atomic E-state index is 12.7. The first-order chi connectivity index (χ1) is 9.58. The molecule has 0 aromatic carbocycles. The minimum atomic E-state index is -0.683. The van der Waals surface area contributed by atoms with Crippen molar-refractivity contribution < 1.29 is 14.3 Å². The van der Waals surface area contributed by atoms with Gasteiger partial charge in [0, 0.05) is 23.3 Å². The molecule has 1 atom stereocenters. The second kappa shape index (κ2) is 5.21. The Morgan fingerprint density at radius 1 is 1.40 bits per heavy atom. The number of aromatic nitrogens is 1. The summed E-state index contributed by atoms with van der Waals surface area (Å²) < 4.78 is 8.10. The molecule has 1 aliphatic heterocycles. The van der Waals surface area contributed by atoms with Crippen LogP contribution in [0.15, 0.2) is 16.7 Å². The summed E-state index contributed by atoms with van der Waals surface area (Å²) in [5.41, 5.74) is 5.96. The molecule has 20 heavy (non-hydrogen) atoms. The quantitative estimate of drug-likeness (QED) is 0.887. The van der Waals surface area contributed by atoms with Crippen molar-refractivity contribution in [2.24, 2.45) is 5.73 Å². The molecular weight excluding hydrogens is 326 g/mol. The van der Waals surface area contributed by atoms with Crippen LogP contribution in [0.2, 0.25) is 0 Å². The summed E-state index contributed by atoms with van der Waals surface area (Å²) in [4.78, 5) is 25.7. The molecule has 2 fully saturated rings. The van der Waals surface area contributed by atoms with Crippen molar-refractivity contribution in [3.8, 4) is 0 Å². The topological polar surface area (TPSA) is 77.6 Å². The Balaban J connectivity index is 1.89. The van der Waals surface area contributed by atoms with Gasteiger partial charge in [0.2, 0.25) is 5.91 Å². The molecule has 0 radical (unpaired) electrons. The fraction of sp³-hybridized carbons (Fsp3) is 0.538. The van der Waals surface area contributed by atoms with Gasteiger partial charge >= 0.3 is 0 Å². The van der Waals surface area contributed by atoms with Crippen LogP contribution >= 0.6 is 15.9 Å². The molecule has 7 heteroatoms. The van der Waals surface area contributed by atoms with Crippen molar-refractivity contribution in [2.75, 3.05) is 19.8 Å². The van der Waals surface area contributed by atoms with E-state index in [9.17, 15) is 9.59 Å². The third-order valence-electron chi connectivity index (χ3n) is 3.69. The van der Waals surface area contributed by atoms with Crippen LogP contribution in [0.5, 0.6) is 0 Å². The highest BCUT2D eigenvalue weighted by molar-refractivity contribution is 9.10. The first kappa shape index (κ1) is 13.6. The lowest BCUT2D eigenvalue weighted by Gasteiger charge is -2.33. The predicted molar refractivity (Wildman–Crippen MR) is 75.2 cm³/mol. The lowest BCUT2D eigenvalue weighted by molar-refractivity contribution is -0.127. The van der Waals surface area contributed by atoms with Gasteiger partial charge in [0.1, 0.15) is 11.7 Å². The number of amides is 2. The largest absolute Gasteiger partial charge is 0.377 e. The van der Waals surface area contributed by atoms with Crippen molar-refractivity contribution in [3.63, 3.8) is 0 Å². The number of primary amides is 1. The number of nitrogens with two attached hydrogens (primary N) is 1. The highest BCUT2D eigenvalue weighted by atomic mass is 79.9. The first-order valence-electron chi connectivity index (χ1n) is 6.63. The van der Waals surface area contributed by atoms with Gasteiger partial charge in [0.25, 0.3) is 5.91 Å². The zero-order valence-electron chi connectivity index (χ0n) is 10.9. The molecule has 1 saturated heterocycles. The van der Waals surface area contributed by atoms with Crippen LogP contribution in [-0.2, 0) is 9.53 Å². The zero-order valence-corrected chi connectivity index (χ0v) is 12.5. The molecule has 1 aromatic rings. The van der Waals surface area contributed by atoms with Gasteiger partial charge in [-0.05, 0) is 34.8 Å². The first-order valence-corrected chi connectivity index (χ1v) is 7.42. The van der Waals surface area contributed by atoms with E-state index < -0.39 is 11.9 Å². The monoisotopic (exact) mass is 341 g/mol. The van der Waals surface area contributed by atoms with Gasteiger partial charge in [0.15, 0.2) is 0 Å². The van der Waals surface area contributed by atoms with Crippen LogP contribution in [0.3, 0.4) is 0 Å². The number of rotatable bonds is 3. The molecule has 1 aromatic heterocycles. The van der Waals surface area contributed by atoms with E-state index >= 15 is 0 Å². The summed E-state index contributed by atoms with van der Waals surface area (Å²) in [5, 5.41) is 0. The van der Waals surface area contributed by atoms with Crippen LogP contribution in [0.4, 0.5) is 0 Å². The van der Waals surface area contributed by atoms with E-state index in [1.54, 1.807) is 6.07 Å². The predicted octanol–water partition coefficient (Wildman–Crippen LogP) is 0.912. The van der Waals surface area contributed by atoms with Crippen molar-refractivity contribution >= 4 is 27.7 Å². The van der Waals surface area contributed by atoms with E-state index in [1.807, 2.05) is 10.8 Å². The second-order valence-corrected chi connectivity index (χ2v) is 6.09. The van der Waals surface area contributed by atoms with E-state index in [1.165, 1.54) is 4.90 Å². The van der Waals surface area contributed by atoms with E-state index in [4.69, 9.17) is 10.5 Å². The molecule has 6 nitrogen and oxygen atoms in total. The minimum absolute atomic E-state index is 0.158. The molecule has 2 amide bonds. The van der Waals surface area contributed by atoms with E-state index in [0.29, 0.717) is 24.9 Å². The van der Waals surface area contributed by atoms with E-state index in [0.717, 1.165) is 17.3 Å². The van der Waals surface area contributed by atoms with Crippen LogP contribution in [0, 0.1) is 0 Å². The summed E-state index contributed by atoms with van der Waals surface area (Å²) in [6, 6.07) is 1.51. The van der Waals surface area contributed by atoms with E-state index in [-0.39, 0.29) is 12.5 Å². The van der Waals surface area contributed by atoms with Crippen molar-refractivity contribution in [1.82, 2.24) is 9.47 Å². The molecule has 0 bridgehead atoms. The Bertz CT molecular complexity index is 553. The van der Waals surface area contributed by atoms with Crippen LogP contribution < -0.4 is 5.73 Å². The van der Waals surface area contributed by atoms with Gasteiger partial charge < -0.3 is 19.9 Å². The fourth-order valence-corrected chi connectivity index (χ4v) is 2.94. The third kappa shape index (κ3) is 2.47. The van der Waals surface area contributed by atoms with Gasteiger partial charge in [-0.2, -0.15) is 0 Å². The van der Waals surface area contributed by atoms with Gasteiger partial charge in [-0.1, -0.05) is 0 Å². The smallest absolute Gasteiger partial charge is 0.271 e. The van der Waals surface area contributed by atoms with Crippen LogP contribution in [0.1, 0.15) is 29.4 Å². The number of ether oxygens (including phenoxy) is 1. The molecule has 2 aliphatic rings. The Morgan fingerprint density at radius 2 is 2.15 bits per heavy atom. The summed E-state index contributed by atoms with van der Waals surface area (Å²) >= 11 is 3.41. The molecule has 3 rings (SSSR count). The third-order valence-corrected chi connectivity index (χ3v) is 4.13. The number of hydrogen-bond donors (Lipinski definition) is 1. The molecule has 1 aliphatic carbocycles. The SMILES string of the molecule is NC(=O)C1COCCN1C(=O)c1cc(Br)cn1C1CC1. The van der Waals surface area contributed by atoms with Gasteiger partial charge in [-0.3, -0.25) is 9.59 Å². The van der Waals surface area contributed by atoms with Gasteiger partial charge in [-0.25, -0.2) is 0 Å². The molecule has 108 valence electrons. The Kier molecular flexibility index (Phi) is 3.55. The molecule has 1 saturated carbocycles. The Hall–Kier alpha value is -1.34. The normalized spacial score (nSPS) is 22.9. The minimum Gasteiger partial charge on any atom is -0.377 e. The van der Waals surface area contributed by atoms with Crippen LogP contribution in [-0.4, -0.2) is 47.1 Å². The number of nitrogens with zero attached hydrogens (tertiary/aromatic N) is 2. The number of morpholine rings is 1. The van der Waals surface area contributed by atoms with Crippen molar-refractivity contribution in [2.45, 2.75) is 24.9 Å². The summed E-state index contributed by atoms with van der Waals surface area (Å²) in [6.45, 7) is 0.993. The standard InChI is InChI=1S/C13H16BrN3O3/c14-8-5-10(17(6-8)9-1-2-9)13(19)16-3-4-20-7-11(16)12(15)18/h5-6,9,11H,1-4,7H2,(H2,15,18). The van der Waals surface area contributed by atoms with Crippen molar-refractivity contribution in [1.29, 1.82) is 0 Å². The molecule has 0 spiro atoms. The lowest BCUT2D eigenvalue weighted by atomic mass is 10.2. The highest BCUT2D eigenvalue weighted by Gasteiger charge is 2.35. The molecular formula is C13H16BrN3O3. The number of hydrogen-bond acceptors (Lipinski definition) is 3. The maximum Gasteiger partial charge on any atom is 0.271 e. The molecule has 1 unspecified atom stereocenters. The number of carbonyl (C=O) groups is 2. The maximum atomic E-state index is 12.7.